The quantitative estimate of drug-likeness (QED) is 0.427. The van der Waals surface area contributed by atoms with E-state index in [-0.39, 0.29) is 5.92 Å². The zero-order valence-electron chi connectivity index (χ0n) is 15.2. The molecule has 1 heterocycles. The molecular weight excluding hydrogens is 361 g/mol. The number of hydrogen-bond acceptors (Lipinski definition) is 3. The summed E-state index contributed by atoms with van der Waals surface area (Å²) in [7, 11) is 1.70. The van der Waals surface area contributed by atoms with Gasteiger partial charge in [-0.1, -0.05) is 25.1 Å². The van der Waals surface area contributed by atoms with Crippen LogP contribution >= 0.6 is 11.8 Å². The zero-order valence-corrected chi connectivity index (χ0v) is 16.0. The maximum atomic E-state index is 12.4. The van der Waals surface area contributed by atoms with Crippen molar-refractivity contribution in [3.8, 4) is 0 Å². The van der Waals surface area contributed by atoms with Gasteiger partial charge in [0.2, 0.25) is 0 Å². The minimum absolute atomic E-state index is 0.215. The molecule has 1 aliphatic rings. The lowest BCUT2D eigenvalue weighted by Gasteiger charge is -2.19. The molecule has 26 heavy (non-hydrogen) atoms. The molecule has 2 rings (SSSR count). The van der Waals surface area contributed by atoms with Gasteiger partial charge in [0, 0.05) is 36.8 Å². The first kappa shape index (κ1) is 20.9. The summed E-state index contributed by atoms with van der Waals surface area (Å²) in [6, 6.07) is 10.2. The number of thioether (sulfide) groups is 1. The maximum Gasteiger partial charge on any atom is 0.401 e. The van der Waals surface area contributed by atoms with Crippen molar-refractivity contribution in [2.24, 2.45) is 10.9 Å². The van der Waals surface area contributed by atoms with E-state index < -0.39 is 12.7 Å². The Morgan fingerprint density at radius 2 is 2.04 bits per heavy atom. The number of alkyl halides is 3. The summed E-state index contributed by atoms with van der Waals surface area (Å²) in [5.41, 5.74) is 0. The second kappa shape index (κ2) is 10.1. The third kappa shape index (κ3) is 7.86. The fraction of sp³-hybridized carbons (Fsp3) is 0.611. The summed E-state index contributed by atoms with van der Waals surface area (Å²) in [6.07, 6.45) is -3.34. The molecule has 2 N–H and O–H groups in total. The molecule has 0 bridgehead atoms. The normalized spacial score (nSPS) is 20.2. The Bertz CT molecular complexity index is 565. The van der Waals surface area contributed by atoms with Gasteiger partial charge in [-0.05, 0) is 31.0 Å². The van der Waals surface area contributed by atoms with Crippen molar-refractivity contribution < 1.29 is 13.2 Å². The first-order valence-electron chi connectivity index (χ1n) is 8.81. The summed E-state index contributed by atoms with van der Waals surface area (Å²) in [6.45, 7) is 3.69. The second-order valence-electron chi connectivity index (χ2n) is 6.58. The van der Waals surface area contributed by atoms with Crippen LogP contribution in [-0.2, 0) is 0 Å². The number of nitrogens with one attached hydrogen (secondary N) is 2. The van der Waals surface area contributed by atoms with E-state index in [0.717, 1.165) is 13.0 Å². The minimum atomic E-state index is -4.12. The van der Waals surface area contributed by atoms with Gasteiger partial charge in [0.15, 0.2) is 5.96 Å². The maximum absolute atomic E-state index is 12.4. The van der Waals surface area contributed by atoms with Crippen LogP contribution in [-0.4, -0.2) is 62.1 Å². The molecule has 8 heteroatoms. The van der Waals surface area contributed by atoms with E-state index in [9.17, 15) is 13.2 Å². The number of halogens is 3. The van der Waals surface area contributed by atoms with E-state index in [4.69, 9.17) is 0 Å². The molecule has 146 valence electrons. The largest absolute Gasteiger partial charge is 0.401 e. The second-order valence-corrected chi connectivity index (χ2v) is 8.09. The highest BCUT2D eigenvalue weighted by atomic mass is 32.2. The van der Waals surface area contributed by atoms with Gasteiger partial charge in [-0.25, -0.2) is 0 Å². The molecule has 0 saturated carbocycles. The van der Waals surface area contributed by atoms with Gasteiger partial charge < -0.3 is 10.6 Å². The van der Waals surface area contributed by atoms with Crippen LogP contribution in [0, 0.1) is 5.92 Å². The van der Waals surface area contributed by atoms with Gasteiger partial charge >= 0.3 is 6.18 Å². The van der Waals surface area contributed by atoms with Crippen molar-refractivity contribution in [1.82, 2.24) is 15.5 Å². The van der Waals surface area contributed by atoms with Crippen molar-refractivity contribution in [2.45, 2.75) is 29.7 Å². The first-order chi connectivity index (χ1) is 12.4. The molecule has 1 fully saturated rings. The fourth-order valence-electron chi connectivity index (χ4n) is 2.95. The van der Waals surface area contributed by atoms with Gasteiger partial charge in [0.1, 0.15) is 0 Å². The number of guanidine groups is 1. The fourth-order valence-corrected chi connectivity index (χ4v) is 3.90. The Labute approximate surface area is 157 Å². The third-order valence-electron chi connectivity index (χ3n) is 4.19. The topological polar surface area (TPSA) is 39.7 Å². The summed E-state index contributed by atoms with van der Waals surface area (Å²) in [5, 5.41) is 6.89. The van der Waals surface area contributed by atoms with E-state index in [1.165, 1.54) is 9.80 Å². The SMILES string of the molecule is CN=C(NCC1CCN(CC(F)(F)F)C1)NCC(C)Sc1ccccc1. The number of likely N-dealkylation sites (tertiary alicyclic amines) is 1. The van der Waals surface area contributed by atoms with Crippen LogP contribution in [0.1, 0.15) is 13.3 Å². The lowest BCUT2D eigenvalue weighted by atomic mass is 10.1. The lowest BCUT2D eigenvalue weighted by Crippen LogP contribution is -2.42. The minimum Gasteiger partial charge on any atom is -0.356 e. The summed E-state index contributed by atoms with van der Waals surface area (Å²) in [5.74, 6) is 0.909. The van der Waals surface area contributed by atoms with Crippen molar-refractivity contribution >= 4 is 17.7 Å². The molecule has 0 spiro atoms. The van der Waals surface area contributed by atoms with E-state index in [1.54, 1.807) is 18.8 Å². The summed E-state index contributed by atoms with van der Waals surface area (Å²) < 4.78 is 37.3. The highest BCUT2D eigenvalue weighted by Crippen LogP contribution is 2.23. The van der Waals surface area contributed by atoms with Gasteiger partial charge in [-0.15, -0.1) is 11.8 Å². The van der Waals surface area contributed by atoms with Crippen LogP contribution < -0.4 is 10.6 Å². The molecule has 1 aliphatic heterocycles. The summed E-state index contributed by atoms with van der Waals surface area (Å²) >= 11 is 1.79. The Kier molecular flexibility index (Phi) is 8.09. The third-order valence-corrected chi connectivity index (χ3v) is 5.31. The average molecular weight is 389 g/mol. The van der Waals surface area contributed by atoms with Crippen molar-refractivity contribution in [3.05, 3.63) is 30.3 Å². The number of benzene rings is 1. The number of rotatable bonds is 7. The van der Waals surface area contributed by atoms with Crippen LogP contribution in [0.25, 0.3) is 0 Å². The van der Waals surface area contributed by atoms with Crippen molar-refractivity contribution in [2.75, 3.05) is 39.8 Å². The Balaban J connectivity index is 1.66. The van der Waals surface area contributed by atoms with Gasteiger partial charge in [0.05, 0.1) is 6.54 Å². The van der Waals surface area contributed by atoms with Gasteiger partial charge in [0.25, 0.3) is 0 Å². The van der Waals surface area contributed by atoms with E-state index in [1.807, 2.05) is 18.2 Å². The van der Waals surface area contributed by atoms with E-state index in [0.29, 0.717) is 30.8 Å². The highest BCUT2D eigenvalue weighted by molar-refractivity contribution is 8.00. The Hall–Kier alpha value is -1.41. The van der Waals surface area contributed by atoms with E-state index in [2.05, 4.69) is 34.7 Å². The Morgan fingerprint density at radius 1 is 1.31 bits per heavy atom. The number of hydrogen-bond donors (Lipinski definition) is 2. The lowest BCUT2D eigenvalue weighted by molar-refractivity contribution is -0.143. The molecule has 2 unspecified atom stereocenters. The predicted octanol–water partition coefficient (Wildman–Crippen LogP) is 3.22. The molecular formula is C18H27F3N4S. The number of aliphatic imine (C=N–C) groups is 1. The van der Waals surface area contributed by atoms with Crippen molar-refractivity contribution in [1.29, 1.82) is 0 Å². The van der Waals surface area contributed by atoms with Crippen molar-refractivity contribution in [3.63, 3.8) is 0 Å². The molecule has 0 aromatic heterocycles. The van der Waals surface area contributed by atoms with Crippen LogP contribution in [0.4, 0.5) is 13.2 Å². The monoisotopic (exact) mass is 388 g/mol. The van der Waals surface area contributed by atoms with Crippen LogP contribution in [0.2, 0.25) is 0 Å². The number of nitrogens with zero attached hydrogens (tertiary/aromatic N) is 2. The molecule has 0 radical (unpaired) electrons. The smallest absolute Gasteiger partial charge is 0.356 e. The van der Waals surface area contributed by atoms with E-state index >= 15 is 0 Å². The molecule has 2 atom stereocenters. The highest BCUT2D eigenvalue weighted by Gasteiger charge is 2.34. The molecule has 0 amide bonds. The predicted molar refractivity (Wildman–Crippen MR) is 102 cm³/mol. The van der Waals surface area contributed by atoms with Gasteiger partial charge in [-0.2, -0.15) is 13.2 Å². The van der Waals surface area contributed by atoms with Crippen LogP contribution in [0.5, 0.6) is 0 Å². The zero-order chi connectivity index (χ0) is 19.0. The summed E-state index contributed by atoms with van der Waals surface area (Å²) in [4.78, 5) is 6.89. The van der Waals surface area contributed by atoms with Crippen LogP contribution in [0.15, 0.2) is 40.2 Å². The molecule has 1 saturated heterocycles. The Morgan fingerprint density at radius 3 is 2.69 bits per heavy atom. The standard InChI is InChI=1S/C18H27F3N4S/c1-14(26-16-6-4-3-5-7-16)10-23-17(22-2)24-11-15-8-9-25(12-15)13-18(19,20)21/h3-7,14-15H,8-13H2,1-2H3,(H2,22,23,24). The van der Waals surface area contributed by atoms with Gasteiger partial charge in [-0.3, -0.25) is 9.89 Å². The molecule has 1 aromatic rings. The molecule has 1 aromatic carbocycles. The molecule has 4 nitrogen and oxygen atoms in total. The average Bonchev–Trinajstić information content (AvgIpc) is 3.01. The first-order valence-corrected chi connectivity index (χ1v) is 9.69. The molecule has 0 aliphatic carbocycles. The van der Waals surface area contributed by atoms with Crippen LogP contribution in [0.3, 0.4) is 0 Å².